The highest BCUT2D eigenvalue weighted by Crippen LogP contribution is 2.28. The van der Waals surface area contributed by atoms with Gasteiger partial charge in [0.15, 0.2) is 5.75 Å². The number of hydrogen-bond donors (Lipinski definition) is 1. The van der Waals surface area contributed by atoms with E-state index in [9.17, 15) is 4.79 Å². The van der Waals surface area contributed by atoms with Crippen molar-refractivity contribution in [2.24, 2.45) is 0 Å². The largest absolute Gasteiger partial charge is 0.424 e. The van der Waals surface area contributed by atoms with Gasteiger partial charge in [-0.2, -0.15) is 0 Å². The molecule has 0 atom stereocenters. The number of H-pyrrole nitrogens is 1. The number of esters is 1. The molecule has 1 aromatic heterocycles. The van der Waals surface area contributed by atoms with Crippen LogP contribution in [0.25, 0.3) is 16.5 Å². The summed E-state index contributed by atoms with van der Waals surface area (Å²) in [5, 5.41) is 1.15. The van der Waals surface area contributed by atoms with Crippen LogP contribution in [0.5, 0.6) is 5.75 Å². The number of hydrogen-bond acceptors (Lipinski definition) is 3. The molecule has 0 radical (unpaired) electrons. The summed E-state index contributed by atoms with van der Waals surface area (Å²) in [5.41, 5.74) is 5.04. The molecule has 2 aromatic carbocycles. The number of nitrogens with zero attached hydrogens (tertiary/aromatic N) is 1. The Kier molecular flexibility index (Phi) is 6.11. The third-order valence-corrected chi connectivity index (χ3v) is 5.62. The van der Waals surface area contributed by atoms with Crippen molar-refractivity contribution in [1.29, 1.82) is 0 Å². The van der Waals surface area contributed by atoms with Gasteiger partial charge in [0.05, 0.1) is 5.52 Å². The van der Waals surface area contributed by atoms with Crippen molar-refractivity contribution in [3.63, 3.8) is 0 Å². The zero-order valence-corrected chi connectivity index (χ0v) is 17.0. The highest BCUT2D eigenvalue weighted by atomic mass is 16.5. The van der Waals surface area contributed by atoms with E-state index in [4.69, 9.17) is 4.74 Å². The van der Waals surface area contributed by atoms with Crippen molar-refractivity contribution >= 4 is 22.4 Å². The first kappa shape index (κ1) is 19.5. The summed E-state index contributed by atoms with van der Waals surface area (Å²) in [6.45, 7) is 4.75. The molecule has 2 heterocycles. The van der Waals surface area contributed by atoms with Crippen LogP contribution in [0.4, 0.5) is 0 Å². The van der Waals surface area contributed by atoms with Gasteiger partial charge in [0.2, 0.25) is 0 Å². The Hall–Kier alpha value is -2.85. The number of para-hydroxylation sites is 1. The molecular weight excluding hydrogens is 360 g/mol. The summed E-state index contributed by atoms with van der Waals surface area (Å²) in [4.78, 5) is 17.1. The van der Waals surface area contributed by atoms with Crippen molar-refractivity contribution in [2.75, 3.05) is 19.6 Å². The number of fused-ring (bicyclic) bond motifs is 1. The molecule has 4 rings (SSSR count). The summed E-state index contributed by atoms with van der Waals surface area (Å²) in [6, 6.07) is 16.6. The highest BCUT2D eigenvalue weighted by Gasteiger charge is 2.13. The number of ether oxygens (including phenoxy) is 1. The van der Waals surface area contributed by atoms with Crippen LogP contribution >= 0.6 is 0 Å². The Bertz CT molecular complexity index is 1000. The van der Waals surface area contributed by atoms with E-state index in [1.54, 1.807) is 0 Å². The van der Waals surface area contributed by atoms with E-state index in [-0.39, 0.29) is 5.97 Å². The third kappa shape index (κ3) is 4.77. The van der Waals surface area contributed by atoms with Gasteiger partial charge in [-0.05, 0) is 55.0 Å². The van der Waals surface area contributed by atoms with Gasteiger partial charge in [-0.25, -0.2) is 0 Å². The van der Waals surface area contributed by atoms with Crippen LogP contribution in [0.15, 0.2) is 60.8 Å². The lowest BCUT2D eigenvalue weighted by Gasteiger charge is -2.26. The maximum atomic E-state index is 11.3. The van der Waals surface area contributed by atoms with Gasteiger partial charge in [0.1, 0.15) is 0 Å². The molecule has 0 saturated carbocycles. The Balaban J connectivity index is 1.27. The maximum Gasteiger partial charge on any atom is 0.308 e. The monoisotopic (exact) mass is 388 g/mol. The number of benzene rings is 2. The predicted octanol–water partition coefficient (Wildman–Crippen LogP) is 5.21. The van der Waals surface area contributed by atoms with Crippen LogP contribution in [0, 0.1) is 0 Å². The molecule has 150 valence electrons. The first-order valence-corrected chi connectivity index (χ1v) is 10.4. The lowest BCUT2D eigenvalue weighted by atomic mass is 9.99. The molecular formula is C25H28N2O2. The second-order valence-corrected chi connectivity index (χ2v) is 7.69. The quantitative estimate of drug-likeness (QED) is 0.343. The minimum atomic E-state index is -0.292. The summed E-state index contributed by atoms with van der Waals surface area (Å²) >= 11 is 0. The molecule has 4 heteroatoms. The van der Waals surface area contributed by atoms with Crippen molar-refractivity contribution in [3.05, 3.63) is 71.9 Å². The molecule has 0 bridgehead atoms. The normalized spacial score (nSPS) is 14.7. The number of nitrogens with one attached hydrogen (secondary N) is 1. The van der Waals surface area contributed by atoms with Crippen LogP contribution in [0.3, 0.4) is 0 Å². The number of carbonyl (C=O) groups excluding carboxylic acids is 1. The Labute approximate surface area is 172 Å². The second-order valence-electron chi connectivity index (χ2n) is 7.69. The van der Waals surface area contributed by atoms with Gasteiger partial charge < -0.3 is 9.72 Å². The van der Waals surface area contributed by atoms with E-state index < -0.39 is 0 Å². The van der Waals surface area contributed by atoms with Crippen LogP contribution in [0.2, 0.25) is 0 Å². The minimum Gasteiger partial charge on any atom is -0.424 e. The number of rotatable bonds is 7. The molecule has 0 saturated heterocycles. The fraction of sp³-hybridized carbons (Fsp3) is 0.320. The smallest absolute Gasteiger partial charge is 0.308 e. The highest BCUT2D eigenvalue weighted by molar-refractivity contribution is 5.90. The Morgan fingerprint density at radius 1 is 1.10 bits per heavy atom. The second kappa shape index (κ2) is 9.10. The van der Waals surface area contributed by atoms with E-state index in [1.807, 2.05) is 18.3 Å². The average molecular weight is 389 g/mol. The predicted molar refractivity (Wildman–Crippen MR) is 118 cm³/mol. The van der Waals surface area contributed by atoms with E-state index >= 15 is 0 Å². The third-order valence-electron chi connectivity index (χ3n) is 5.62. The molecule has 29 heavy (non-hydrogen) atoms. The maximum absolute atomic E-state index is 11.3. The topological polar surface area (TPSA) is 45.3 Å². The van der Waals surface area contributed by atoms with Gasteiger partial charge >= 0.3 is 5.97 Å². The average Bonchev–Trinajstić information content (AvgIpc) is 3.16. The molecule has 0 spiro atoms. The van der Waals surface area contributed by atoms with E-state index in [2.05, 4.69) is 52.4 Å². The van der Waals surface area contributed by atoms with Crippen molar-refractivity contribution in [2.45, 2.75) is 32.6 Å². The first-order valence-electron chi connectivity index (χ1n) is 10.4. The first-order chi connectivity index (χ1) is 14.2. The van der Waals surface area contributed by atoms with Gasteiger partial charge in [-0.1, -0.05) is 48.5 Å². The Morgan fingerprint density at radius 2 is 1.97 bits per heavy atom. The summed E-state index contributed by atoms with van der Waals surface area (Å²) in [6.07, 6.45) is 8.93. The lowest BCUT2D eigenvalue weighted by molar-refractivity contribution is -0.131. The van der Waals surface area contributed by atoms with Gasteiger partial charge in [-0.3, -0.25) is 9.69 Å². The summed E-state index contributed by atoms with van der Waals surface area (Å²) < 4.78 is 5.30. The standard InChI is InChI=1S/C25H28N2O2/c1-19(28)29-24-12-7-11-23-22(18-26-25(23)24)10-5-6-15-27-16-13-21(14-17-27)20-8-3-2-4-9-20/h2-4,7-9,11-13,18,26H,5-6,10,14-17H2,1H3. The van der Waals surface area contributed by atoms with Crippen LogP contribution in [-0.2, 0) is 11.2 Å². The van der Waals surface area contributed by atoms with E-state index in [1.165, 1.54) is 30.0 Å². The summed E-state index contributed by atoms with van der Waals surface area (Å²) in [7, 11) is 0. The number of unbranched alkanes of at least 4 members (excludes halogenated alkanes) is 1. The van der Waals surface area contributed by atoms with E-state index in [0.29, 0.717) is 5.75 Å². The zero-order chi connectivity index (χ0) is 20.1. The number of carbonyl (C=O) groups is 1. The molecule has 0 unspecified atom stereocenters. The molecule has 0 amide bonds. The molecule has 4 nitrogen and oxygen atoms in total. The van der Waals surface area contributed by atoms with Crippen LogP contribution in [-0.4, -0.2) is 35.5 Å². The van der Waals surface area contributed by atoms with Crippen LogP contribution in [0.1, 0.15) is 37.3 Å². The molecule has 3 aromatic rings. The van der Waals surface area contributed by atoms with Gasteiger partial charge in [-0.15, -0.1) is 0 Å². The van der Waals surface area contributed by atoms with E-state index in [0.717, 1.165) is 49.8 Å². The molecule has 0 aliphatic carbocycles. The lowest BCUT2D eigenvalue weighted by Crippen LogP contribution is -2.29. The zero-order valence-electron chi connectivity index (χ0n) is 17.0. The molecule has 1 aliphatic heterocycles. The van der Waals surface area contributed by atoms with Gasteiger partial charge in [0.25, 0.3) is 0 Å². The fourth-order valence-corrected chi connectivity index (χ4v) is 4.11. The molecule has 1 N–H and O–H groups in total. The fourth-order valence-electron chi connectivity index (χ4n) is 4.11. The minimum absolute atomic E-state index is 0.292. The van der Waals surface area contributed by atoms with Crippen LogP contribution < -0.4 is 4.74 Å². The Morgan fingerprint density at radius 3 is 2.72 bits per heavy atom. The van der Waals surface area contributed by atoms with Gasteiger partial charge in [0, 0.05) is 31.6 Å². The van der Waals surface area contributed by atoms with Crippen molar-refractivity contribution < 1.29 is 9.53 Å². The number of aryl methyl sites for hydroxylation is 1. The number of aromatic nitrogens is 1. The summed E-state index contributed by atoms with van der Waals surface area (Å²) in [5.74, 6) is 0.315. The number of aromatic amines is 1. The molecule has 1 aliphatic rings. The molecule has 0 fully saturated rings. The SMILES string of the molecule is CC(=O)Oc1cccc2c(CCCCN3CC=C(c4ccccc4)CC3)c[nH]c12. The van der Waals surface area contributed by atoms with Crippen molar-refractivity contribution in [1.82, 2.24) is 9.88 Å². The van der Waals surface area contributed by atoms with Crippen molar-refractivity contribution in [3.8, 4) is 5.75 Å².